The molecular weight excluding hydrogens is 412 g/mol. The summed E-state index contributed by atoms with van der Waals surface area (Å²) in [5, 5.41) is 4.73. The predicted molar refractivity (Wildman–Crippen MR) is 127 cm³/mol. The highest BCUT2D eigenvalue weighted by Gasteiger charge is 2.22. The number of nitrogen functional groups attached to an aromatic ring is 1. The van der Waals surface area contributed by atoms with E-state index in [4.69, 9.17) is 5.73 Å². The van der Waals surface area contributed by atoms with Gasteiger partial charge in [0.1, 0.15) is 16.4 Å². The van der Waals surface area contributed by atoms with Gasteiger partial charge in [-0.3, -0.25) is 18.9 Å². The Hall–Kier alpha value is -3.07. The summed E-state index contributed by atoms with van der Waals surface area (Å²) < 4.78 is 4.34. The van der Waals surface area contributed by atoms with Crippen molar-refractivity contribution < 1.29 is 0 Å². The number of aromatic nitrogens is 4. The lowest BCUT2D eigenvalue weighted by Crippen LogP contribution is -2.43. The molecule has 0 amide bonds. The first kappa shape index (κ1) is 22.6. The fourth-order valence-electron chi connectivity index (χ4n) is 3.20. The van der Waals surface area contributed by atoms with Gasteiger partial charge in [-0.05, 0) is 35.4 Å². The van der Waals surface area contributed by atoms with E-state index in [1.54, 1.807) is 10.9 Å². The fourth-order valence-corrected chi connectivity index (χ4v) is 3.79. The molecule has 0 fully saturated rings. The molecule has 0 atom stereocenters. The van der Waals surface area contributed by atoms with Gasteiger partial charge in [0.2, 0.25) is 0 Å². The maximum Gasteiger partial charge on any atom is 0.332 e. The Morgan fingerprint density at radius 2 is 1.87 bits per heavy atom. The van der Waals surface area contributed by atoms with Crippen LogP contribution < -0.4 is 17.0 Å². The smallest absolute Gasteiger partial charge is 0.332 e. The van der Waals surface area contributed by atoms with Crippen LogP contribution in [-0.2, 0) is 20.1 Å². The Bertz CT molecular complexity index is 1200. The number of benzene rings is 1. The molecule has 0 aliphatic carbocycles. The third kappa shape index (κ3) is 4.99. The molecule has 0 unspecified atom stereocenters. The second-order valence-corrected chi connectivity index (χ2v) is 9.29. The summed E-state index contributed by atoms with van der Waals surface area (Å²) in [7, 11) is 1.47. The molecular formula is C22H28N6O2S. The Morgan fingerprint density at radius 1 is 1.19 bits per heavy atom. The highest BCUT2D eigenvalue weighted by Crippen LogP contribution is 2.20. The van der Waals surface area contributed by atoms with E-state index in [1.165, 1.54) is 23.4 Å². The first-order valence-corrected chi connectivity index (χ1v) is 11.1. The van der Waals surface area contributed by atoms with Gasteiger partial charge in [0.05, 0.1) is 12.2 Å². The number of hydrogen-bond donors (Lipinski definition) is 1. The topological polar surface area (TPSA) is 100 Å². The maximum atomic E-state index is 12.9. The predicted octanol–water partition coefficient (Wildman–Crippen LogP) is 2.67. The van der Waals surface area contributed by atoms with Gasteiger partial charge < -0.3 is 5.73 Å². The zero-order valence-corrected chi connectivity index (χ0v) is 19.3. The van der Waals surface area contributed by atoms with E-state index in [0.717, 1.165) is 15.8 Å². The molecule has 3 rings (SSSR count). The van der Waals surface area contributed by atoms with Crippen LogP contribution in [0.5, 0.6) is 0 Å². The SMILES string of the molecule is CSC(=NCc1ccc(-n2cccn2)cc1)c1c(N)n(CC(C)(C)C)c(=O)n(C)c1=O. The number of hydrogen-bond acceptors (Lipinski definition) is 6. The van der Waals surface area contributed by atoms with Crippen molar-refractivity contribution in [1.29, 1.82) is 0 Å². The average Bonchev–Trinajstić information content (AvgIpc) is 3.27. The number of aliphatic imine (C=N–C) groups is 1. The number of rotatable bonds is 5. The molecule has 0 aliphatic rings. The Kier molecular flexibility index (Phi) is 6.54. The van der Waals surface area contributed by atoms with E-state index in [-0.39, 0.29) is 16.8 Å². The molecule has 2 N–H and O–H groups in total. The lowest BCUT2D eigenvalue weighted by Gasteiger charge is -2.23. The number of anilines is 1. The number of thioether (sulfide) groups is 1. The summed E-state index contributed by atoms with van der Waals surface area (Å²) >= 11 is 1.34. The van der Waals surface area contributed by atoms with E-state index in [0.29, 0.717) is 18.1 Å². The van der Waals surface area contributed by atoms with Crippen molar-refractivity contribution in [3.05, 3.63) is 74.7 Å². The molecule has 0 saturated carbocycles. The lowest BCUT2D eigenvalue weighted by molar-refractivity contribution is 0.334. The third-order valence-corrected chi connectivity index (χ3v) is 5.45. The van der Waals surface area contributed by atoms with E-state index in [1.807, 2.05) is 63.6 Å². The standard InChI is InChI=1S/C22H28N6O2S/c1-22(2,3)14-27-18(23)17(20(29)26(4)21(27)30)19(31-5)24-13-15-7-9-16(10-8-15)28-12-6-11-25-28/h6-12H,13-14,23H2,1-5H3. The molecule has 164 valence electrons. The van der Waals surface area contributed by atoms with Crippen molar-refractivity contribution in [2.45, 2.75) is 33.9 Å². The van der Waals surface area contributed by atoms with Crippen LogP contribution in [0.2, 0.25) is 0 Å². The molecule has 8 nitrogen and oxygen atoms in total. The van der Waals surface area contributed by atoms with Gasteiger partial charge in [-0.25, -0.2) is 9.48 Å². The van der Waals surface area contributed by atoms with Gasteiger partial charge >= 0.3 is 5.69 Å². The summed E-state index contributed by atoms with van der Waals surface area (Å²) in [4.78, 5) is 30.2. The highest BCUT2D eigenvalue weighted by atomic mass is 32.2. The van der Waals surface area contributed by atoms with Crippen molar-refractivity contribution in [3.63, 3.8) is 0 Å². The minimum absolute atomic E-state index is 0.158. The van der Waals surface area contributed by atoms with Gasteiger partial charge in [-0.1, -0.05) is 32.9 Å². The molecule has 9 heteroatoms. The van der Waals surface area contributed by atoms with Crippen LogP contribution in [0.15, 0.2) is 57.3 Å². The number of nitrogens with two attached hydrogens (primary N) is 1. The quantitative estimate of drug-likeness (QED) is 0.486. The second kappa shape index (κ2) is 8.97. The van der Waals surface area contributed by atoms with Gasteiger partial charge in [0.25, 0.3) is 5.56 Å². The first-order chi connectivity index (χ1) is 14.6. The van der Waals surface area contributed by atoms with Gasteiger partial charge in [0, 0.05) is 26.0 Å². The Morgan fingerprint density at radius 3 is 2.42 bits per heavy atom. The van der Waals surface area contributed by atoms with Crippen LogP contribution in [0.3, 0.4) is 0 Å². The van der Waals surface area contributed by atoms with Crippen molar-refractivity contribution in [2.75, 3.05) is 12.0 Å². The molecule has 0 spiro atoms. The molecule has 1 aromatic carbocycles. The van der Waals surface area contributed by atoms with E-state index < -0.39 is 11.2 Å². The van der Waals surface area contributed by atoms with Gasteiger partial charge in [-0.15, -0.1) is 11.8 Å². The van der Waals surface area contributed by atoms with E-state index in [2.05, 4.69) is 10.1 Å². The Labute approximate surface area is 185 Å². The monoisotopic (exact) mass is 440 g/mol. The van der Waals surface area contributed by atoms with Gasteiger partial charge in [0.15, 0.2) is 0 Å². The zero-order chi connectivity index (χ0) is 22.8. The zero-order valence-electron chi connectivity index (χ0n) is 18.5. The summed E-state index contributed by atoms with van der Waals surface area (Å²) in [6, 6.07) is 9.74. The molecule has 0 radical (unpaired) electrons. The van der Waals surface area contributed by atoms with Crippen molar-refractivity contribution in [2.24, 2.45) is 17.5 Å². The largest absolute Gasteiger partial charge is 0.384 e. The van der Waals surface area contributed by atoms with Crippen molar-refractivity contribution >= 4 is 22.6 Å². The summed E-state index contributed by atoms with van der Waals surface area (Å²) in [5.74, 6) is 0.158. The van der Waals surface area contributed by atoms with Crippen LogP contribution in [0.1, 0.15) is 31.9 Å². The van der Waals surface area contributed by atoms with Crippen LogP contribution in [-0.4, -0.2) is 30.2 Å². The molecule has 0 aliphatic heterocycles. The molecule has 2 aromatic heterocycles. The lowest BCUT2D eigenvalue weighted by atomic mass is 9.97. The van der Waals surface area contributed by atoms with Crippen molar-refractivity contribution in [3.8, 4) is 5.69 Å². The molecule has 2 heterocycles. The van der Waals surface area contributed by atoms with Crippen LogP contribution in [0.25, 0.3) is 5.69 Å². The van der Waals surface area contributed by atoms with Crippen LogP contribution >= 0.6 is 11.8 Å². The van der Waals surface area contributed by atoms with Crippen LogP contribution in [0.4, 0.5) is 5.82 Å². The molecule has 31 heavy (non-hydrogen) atoms. The minimum atomic E-state index is -0.435. The second-order valence-electron chi connectivity index (χ2n) is 8.50. The van der Waals surface area contributed by atoms with Gasteiger partial charge in [-0.2, -0.15) is 5.10 Å². The minimum Gasteiger partial charge on any atom is -0.384 e. The van der Waals surface area contributed by atoms with Crippen LogP contribution in [0, 0.1) is 5.41 Å². The normalized spacial score (nSPS) is 12.4. The molecule has 0 bridgehead atoms. The summed E-state index contributed by atoms with van der Waals surface area (Å²) in [5.41, 5.74) is 7.50. The highest BCUT2D eigenvalue weighted by molar-refractivity contribution is 8.13. The van der Waals surface area contributed by atoms with E-state index >= 15 is 0 Å². The van der Waals surface area contributed by atoms with Crippen molar-refractivity contribution in [1.82, 2.24) is 18.9 Å². The molecule has 3 aromatic rings. The summed E-state index contributed by atoms with van der Waals surface area (Å²) in [6.07, 6.45) is 5.45. The molecule has 0 saturated heterocycles. The maximum absolute atomic E-state index is 12.9. The number of nitrogens with zero attached hydrogens (tertiary/aromatic N) is 5. The Balaban J connectivity index is 1.97. The van der Waals surface area contributed by atoms with E-state index in [9.17, 15) is 9.59 Å². The fraction of sp³-hybridized carbons (Fsp3) is 0.364. The summed E-state index contributed by atoms with van der Waals surface area (Å²) in [6.45, 7) is 6.83. The third-order valence-electron chi connectivity index (χ3n) is 4.73. The first-order valence-electron chi connectivity index (χ1n) is 9.89. The average molecular weight is 441 g/mol.